The Morgan fingerprint density at radius 3 is 2.36 bits per heavy atom. The molecule has 0 N–H and O–H groups in total. The molecule has 1 radical (unpaired) electrons. The fourth-order valence-corrected chi connectivity index (χ4v) is 5.81. The molecule has 2 aromatic heterocycles. The molecule has 1 aliphatic heterocycles. The molecule has 1 aliphatic carbocycles. The van der Waals surface area contributed by atoms with Crippen molar-refractivity contribution in [3.63, 3.8) is 0 Å². The van der Waals surface area contributed by atoms with Crippen molar-refractivity contribution < 1.29 is 24.7 Å². The summed E-state index contributed by atoms with van der Waals surface area (Å²) in [6.07, 6.45) is 6.13. The zero-order valence-electron chi connectivity index (χ0n) is 26.3. The molecule has 0 saturated heterocycles. The summed E-state index contributed by atoms with van der Waals surface area (Å²) in [7, 11) is 0. The number of unbranched alkanes of at least 4 members (excludes halogenated alkanes) is 1. The minimum atomic E-state index is -0.114. The molecule has 5 heteroatoms. The van der Waals surface area contributed by atoms with Crippen molar-refractivity contribution in [2.24, 2.45) is 0 Å². The van der Waals surface area contributed by atoms with Gasteiger partial charge in [-0.2, -0.15) is 6.07 Å². The van der Waals surface area contributed by atoms with E-state index in [2.05, 4.69) is 139 Å². The molecule has 0 atom stereocenters. The molecule has 223 valence electrons. The SMILES string of the molecule is CCCC[N+]1=C=[N+](c2[c-]cc3c(c2)C(C)(C)c2ncccc2-3)c2ccccc21.Cc1c[c-]c(-c2cc(C)c(C)cn2)cc1.[Ir]. The van der Waals surface area contributed by atoms with Gasteiger partial charge in [0.05, 0.1) is 0 Å². The van der Waals surface area contributed by atoms with Crippen LogP contribution in [0.4, 0.5) is 17.1 Å². The fraction of sp³-hybridized carbons (Fsp3) is 0.256. The Morgan fingerprint density at radius 2 is 1.64 bits per heavy atom. The van der Waals surface area contributed by atoms with Gasteiger partial charge in [-0.25, -0.2) is 0 Å². The van der Waals surface area contributed by atoms with E-state index in [0.29, 0.717) is 0 Å². The molecule has 0 bridgehead atoms. The molecule has 0 amide bonds. The first-order chi connectivity index (χ1) is 20.8. The van der Waals surface area contributed by atoms with E-state index < -0.39 is 0 Å². The Morgan fingerprint density at radius 1 is 0.841 bits per heavy atom. The van der Waals surface area contributed by atoms with Crippen molar-refractivity contribution >= 4 is 23.1 Å². The summed E-state index contributed by atoms with van der Waals surface area (Å²) in [6, 6.07) is 35.7. The van der Waals surface area contributed by atoms with Gasteiger partial charge >= 0.3 is 6.01 Å². The molecule has 4 nitrogen and oxygen atoms in total. The van der Waals surface area contributed by atoms with Crippen LogP contribution >= 0.6 is 0 Å². The average Bonchev–Trinajstić information content (AvgIpc) is 3.50. The molecule has 44 heavy (non-hydrogen) atoms. The van der Waals surface area contributed by atoms with Gasteiger partial charge in [0.15, 0.2) is 6.54 Å². The standard InChI is InChI=1S/C25H24N3.C14H14N.Ir/c1-4-5-15-27-17-28(23-11-7-6-10-22(23)27)18-12-13-19-20-9-8-14-26-24(20)25(2,3)21(19)16-18;1-10-4-6-13(7-5-10)14-8-11(2)12(3)9-15-14;/h6-11,13-14,16H,4-5,15H2,1-3H3;4-6,8-9H,1-3H3;/q+1;-1;. The fourth-order valence-electron chi connectivity index (χ4n) is 5.81. The molecule has 3 aromatic carbocycles. The number of aromatic nitrogens is 2. The number of pyridine rings is 2. The number of benzene rings is 3. The van der Waals surface area contributed by atoms with E-state index >= 15 is 0 Å². The summed E-state index contributed by atoms with van der Waals surface area (Å²) >= 11 is 0. The summed E-state index contributed by atoms with van der Waals surface area (Å²) in [5.74, 6) is 0. The van der Waals surface area contributed by atoms with Gasteiger partial charge in [-0.05, 0) is 31.2 Å². The predicted octanol–water partition coefficient (Wildman–Crippen LogP) is 9.13. The van der Waals surface area contributed by atoms with Crippen LogP contribution in [0.3, 0.4) is 0 Å². The molecule has 0 fully saturated rings. The van der Waals surface area contributed by atoms with Gasteiger partial charge < -0.3 is 4.98 Å². The topological polar surface area (TPSA) is 31.8 Å². The molecule has 0 unspecified atom stereocenters. The summed E-state index contributed by atoms with van der Waals surface area (Å²) in [5.41, 5.74) is 14.0. The number of aryl methyl sites for hydroxylation is 3. The number of hydrogen-bond donors (Lipinski definition) is 0. The van der Waals surface area contributed by atoms with E-state index in [1.807, 2.05) is 24.5 Å². The molecule has 3 heterocycles. The zero-order valence-corrected chi connectivity index (χ0v) is 28.7. The normalized spacial score (nSPS) is 13.4. The summed E-state index contributed by atoms with van der Waals surface area (Å²) in [5, 5.41) is 0. The number of nitrogens with zero attached hydrogens (tertiary/aromatic N) is 4. The van der Waals surface area contributed by atoms with Crippen molar-refractivity contribution in [1.82, 2.24) is 14.5 Å². The third-order valence-corrected chi connectivity index (χ3v) is 8.53. The average molecular weight is 755 g/mol. The third-order valence-electron chi connectivity index (χ3n) is 8.53. The first-order valence-corrected chi connectivity index (χ1v) is 15.1. The molecular weight excluding hydrogens is 717 g/mol. The monoisotopic (exact) mass is 755 g/mol. The Hall–Kier alpha value is -4.01. The minimum absolute atomic E-state index is 0. The zero-order chi connectivity index (χ0) is 30.1. The molecule has 0 spiro atoms. The summed E-state index contributed by atoms with van der Waals surface area (Å²) in [4.78, 5) is 9.09. The van der Waals surface area contributed by atoms with Gasteiger partial charge in [0, 0.05) is 62.2 Å². The van der Waals surface area contributed by atoms with Gasteiger partial charge in [-0.3, -0.25) is 4.98 Å². The van der Waals surface area contributed by atoms with Gasteiger partial charge in [-0.1, -0.05) is 84.7 Å². The molecule has 7 rings (SSSR count). The van der Waals surface area contributed by atoms with E-state index in [1.54, 1.807) is 0 Å². The smallest absolute Gasteiger partial charge is 0.304 e. The second-order valence-electron chi connectivity index (χ2n) is 12.0. The maximum atomic E-state index is 4.68. The first kappa shape index (κ1) is 31.4. The number of hydrogen-bond acceptors (Lipinski definition) is 2. The largest absolute Gasteiger partial charge is 0.494 e. The predicted molar refractivity (Wildman–Crippen MR) is 176 cm³/mol. The van der Waals surface area contributed by atoms with E-state index in [-0.39, 0.29) is 25.5 Å². The van der Waals surface area contributed by atoms with E-state index in [1.165, 1.54) is 51.2 Å². The second kappa shape index (κ2) is 12.9. The molecular formula is C39H38IrN4. The van der Waals surface area contributed by atoms with Crippen molar-refractivity contribution in [3.8, 4) is 22.4 Å². The van der Waals surface area contributed by atoms with Crippen LogP contribution < -0.4 is 4.58 Å². The van der Waals surface area contributed by atoms with Gasteiger partial charge in [-0.15, -0.1) is 52.6 Å². The first-order valence-electron chi connectivity index (χ1n) is 15.1. The van der Waals surface area contributed by atoms with Crippen molar-refractivity contribution in [2.75, 3.05) is 6.54 Å². The van der Waals surface area contributed by atoms with Gasteiger partial charge in [0.1, 0.15) is 5.69 Å². The maximum absolute atomic E-state index is 4.68. The quantitative estimate of drug-likeness (QED) is 0.133. The van der Waals surface area contributed by atoms with Crippen LogP contribution in [0, 0.1) is 32.9 Å². The van der Waals surface area contributed by atoms with E-state index in [4.69, 9.17) is 0 Å². The molecule has 5 aromatic rings. The van der Waals surface area contributed by atoms with Crippen LogP contribution in [0.15, 0.2) is 85.2 Å². The van der Waals surface area contributed by atoms with Crippen LogP contribution in [0.1, 0.15) is 61.6 Å². The second-order valence-corrected chi connectivity index (χ2v) is 12.0. The van der Waals surface area contributed by atoms with Crippen LogP contribution in [-0.2, 0) is 25.5 Å². The number of rotatable bonds is 5. The Kier molecular flexibility index (Phi) is 9.23. The van der Waals surface area contributed by atoms with Crippen molar-refractivity contribution in [3.05, 3.63) is 125 Å². The van der Waals surface area contributed by atoms with Crippen LogP contribution in [0.5, 0.6) is 0 Å². The molecule has 0 saturated carbocycles. The Bertz CT molecular complexity index is 1900. The molecule has 2 aliphatic rings. The van der Waals surface area contributed by atoms with Crippen LogP contribution in [-0.4, -0.2) is 27.1 Å². The van der Waals surface area contributed by atoms with Crippen molar-refractivity contribution in [1.29, 1.82) is 0 Å². The minimum Gasteiger partial charge on any atom is -0.304 e. The van der Waals surface area contributed by atoms with Crippen molar-refractivity contribution in [2.45, 2.75) is 59.8 Å². The van der Waals surface area contributed by atoms with Crippen LogP contribution in [0.2, 0.25) is 0 Å². The number of fused-ring (bicyclic) bond motifs is 4. The Labute approximate surface area is 275 Å². The van der Waals surface area contributed by atoms with Gasteiger partial charge in [0.2, 0.25) is 0 Å². The van der Waals surface area contributed by atoms with Crippen LogP contribution in [0.25, 0.3) is 22.4 Å². The third kappa shape index (κ3) is 5.88. The Balaban J connectivity index is 0.000000204. The maximum Gasteiger partial charge on any atom is 0.494 e. The van der Waals surface area contributed by atoms with E-state index in [0.717, 1.165) is 35.6 Å². The summed E-state index contributed by atoms with van der Waals surface area (Å²) in [6.45, 7) is 14.0. The van der Waals surface area contributed by atoms with Gasteiger partial charge in [0.25, 0.3) is 11.4 Å². The number of para-hydroxylation sites is 2. The van der Waals surface area contributed by atoms with E-state index in [9.17, 15) is 0 Å². The summed E-state index contributed by atoms with van der Waals surface area (Å²) < 4.78 is 4.39.